The molecule has 1 saturated heterocycles. The van der Waals surface area contributed by atoms with Crippen molar-refractivity contribution in [2.24, 2.45) is 5.92 Å². The van der Waals surface area contributed by atoms with Gasteiger partial charge in [0.15, 0.2) is 0 Å². The standard InChI is InChI=1S/C15H26N2O4/c1-2-3-4-6-13(18)16-12-10-15(7-5-8-21-15)9-11(12)14(19)17-20/h11-12,20H,2-10H2,1H3,(H,16,18)(H,17,19)/t11-,12+,15?/m0/s1. The number of hydrogen-bond acceptors (Lipinski definition) is 4. The SMILES string of the molecule is CCCCCC(=O)N[C@@H]1CC2(CCCO2)C[C@@H]1C(=O)NO. The summed E-state index contributed by atoms with van der Waals surface area (Å²) in [7, 11) is 0. The van der Waals surface area contributed by atoms with E-state index in [1.165, 1.54) is 0 Å². The lowest BCUT2D eigenvalue weighted by Gasteiger charge is -2.22. The largest absolute Gasteiger partial charge is 0.375 e. The van der Waals surface area contributed by atoms with Crippen molar-refractivity contribution in [2.75, 3.05) is 6.61 Å². The molecule has 2 rings (SSSR count). The number of carbonyl (C=O) groups excluding carboxylic acids is 2. The molecular formula is C15H26N2O4. The molecule has 0 aromatic heterocycles. The van der Waals surface area contributed by atoms with Crippen molar-refractivity contribution in [2.45, 2.75) is 69.9 Å². The van der Waals surface area contributed by atoms with Gasteiger partial charge in [-0.2, -0.15) is 0 Å². The van der Waals surface area contributed by atoms with Gasteiger partial charge >= 0.3 is 0 Å². The summed E-state index contributed by atoms with van der Waals surface area (Å²) in [6, 6.07) is -0.246. The number of carbonyl (C=O) groups is 2. The quantitative estimate of drug-likeness (QED) is 0.394. The highest BCUT2D eigenvalue weighted by molar-refractivity contribution is 5.81. The van der Waals surface area contributed by atoms with Gasteiger partial charge in [-0.15, -0.1) is 0 Å². The second kappa shape index (κ2) is 7.22. The number of hydrogen-bond donors (Lipinski definition) is 3. The van der Waals surface area contributed by atoms with Gasteiger partial charge in [0.25, 0.3) is 0 Å². The smallest absolute Gasteiger partial charge is 0.248 e. The van der Waals surface area contributed by atoms with Crippen LogP contribution in [-0.2, 0) is 14.3 Å². The Balaban J connectivity index is 1.94. The van der Waals surface area contributed by atoms with Gasteiger partial charge in [-0.3, -0.25) is 14.8 Å². The van der Waals surface area contributed by atoms with E-state index < -0.39 is 11.8 Å². The van der Waals surface area contributed by atoms with Crippen LogP contribution in [0, 0.1) is 5.92 Å². The fraction of sp³-hybridized carbons (Fsp3) is 0.867. The molecule has 21 heavy (non-hydrogen) atoms. The van der Waals surface area contributed by atoms with Crippen LogP contribution in [0.25, 0.3) is 0 Å². The zero-order valence-electron chi connectivity index (χ0n) is 12.7. The summed E-state index contributed by atoms with van der Waals surface area (Å²) in [6.07, 6.45) is 6.60. The van der Waals surface area contributed by atoms with Gasteiger partial charge in [-0.05, 0) is 32.1 Å². The van der Waals surface area contributed by atoms with Crippen LogP contribution in [0.3, 0.4) is 0 Å². The summed E-state index contributed by atoms with van der Waals surface area (Å²) in [6.45, 7) is 2.81. The highest BCUT2D eigenvalue weighted by Gasteiger charge is 2.50. The van der Waals surface area contributed by atoms with E-state index in [1.807, 2.05) is 0 Å². The summed E-state index contributed by atoms with van der Waals surface area (Å²) in [5, 5.41) is 11.9. The first-order valence-corrected chi connectivity index (χ1v) is 7.97. The Morgan fingerprint density at radius 1 is 1.33 bits per heavy atom. The van der Waals surface area contributed by atoms with E-state index in [0.29, 0.717) is 25.9 Å². The molecule has 2 aliphatic rings. The van der Waals surface area contributed by atoms with Gasteiger partial charge in [0.05, 0.1) is 11.5 Å². The lowest BCUT2D eigenvalue weighted by molar-refractivity contribution is -0.134. The second-order valence-corrected chi connectivity index (χ2v) is 6.26. The maximum absolute atomic E-state index is 12.0. The number of hydroxylamine groups is 1. The molecule has 1 heterocycles. The van der Waals surface area contributed by atoms with Crippen molar-refractivity contribution in [3.05, 3.63) is 0 Å². The van der Waals surface area contributed by atoms with Gasteiger partial charge in [-0.1, -0.05) is 19.8 Å². The maximum Gasteiger partial charge on any atom is 0.248 e. The van der Waals surface area contributed by atoms with E-state index in [2.05, 4.69) is 12.2 Å². The minimum Gasteiger partial charge on any atom is -0.375 e. The van der Waals surface area contributed by atoms with Crippen molar-refractivity contribution in [1.29, 1.82) is 0 Å². The molecule has 0 aromatic carbocycles. The lowest BCUT2D eigenvalue weighted by atomic mass is 9.96. The fourth-order valence-corrected chi connectivity index (χ4v) is 3.57. The Morgan fingerprint density at radius 2 is 2.14 bits per heavy atom. The minimum absolute atomic E-state index is 0.0146. The van der Waals surface area contributed by atoms with Crippen LogP contribution in [0.4, 0.5) is 0 Å². The van der Waals surface area contributed by atoms with Crippen LogP contribution < -0.4 is 10.8 Å². The molecule has 0 radical (unpaired) electrons. The molecule has 0 bridgehead atoms. The molecule has 3 atom stereocenters. The van der Waals surface area contributed by atoms with Gasteiger partial charge in [0.2, 0.25) is 11.8 Å². The number of nitrogens with one attached hydrogen (secondary N) is 2. The summed E-state index contributed by atoms with van der Waals surface area (Å²) in [5.41, 5.74) is 1.43. The van der Waals surface area contributed by atoms with Gasteiger partial charge in [-0.25, -0.2) is 5.48 Å². The molecule has 1 unspecified atom stereocenters. The van der Waals surface area contributed by atoms with E-state index in [4.69, 9.17) is 9.94 Å². The topological polar surface area (TPSA) is 87.7 Å². The summed E-state index contributed by atoms with van der Waals surface area (Å²) in [4.78, 5) is 23.8. The van der Waals surface area contributed by atoms with E-state index in [1.54, 1.807) is 5.48 Å². The molecule has 6 heteroatoms. The van der Waals surface area contributed by atoms with E-state index in [-0.39, 0.29) is 17.6 Å². The average Bonchev–Trinajstić information content (AvgIpc) is 3.06. The van der Waals surface area contributed by atoms with Crippen LogP contribution in [0.1, 0.15) is 58.3 Å². The van der Waals surface area contributed by atoms with E-state index in [0.717, 1.165) is 32.1 Å². The summed E-state index contributed by atoms with van der Waals surface area (Å²) < 4.78 is 5.82. The number of unbranched alkanes of at least 4 members (excludes halogenated alkanes) is 2. The van der Waals surface area contributed by atoms with Crippen LogP contribution in [0.2, 0.25) is 0 Å². The van der Waals surface area contributed by atoms with Crippen LogP contribution in [0.5, 0.6) is 0 Å². The van der Waals surface area contributed by atoms with Gasteiger partial charge in [0.1, 0.15) is 0 Å². The third-order valence-corrected chi connectivity index (χ3v) is 4.66. The summed E-state index contributed by atoms with van der Waals surface area (Å²) >= 11 is 0. The van der Waals surface area contributed by atoms with Crippen LogP contribution in [-0.4, -0.2) is 35.3 Å². The average molecular weight is 298 g/mol. The molecule has 2 fully saturated rings. The minimum atomic E-state index is -0.429. The molecule has 0 aromatic rings. The number of rotatable bonds is 6. The molecule has 6 nitrogen and oxygen atoms in total. The highest BCUT2D eigenvalue weighted by atomic mass is 16.5. The molecular weight excluding hydrogens is 272 g/mol. The zero-order valence-corrected chi connectivity index (χ0v) is 12.7. The summed E-state index contributed by atoms with van der Waals surface area (Å²) in [5.74, 6) is -0.858. The first kappa shape index (κ1) is 16.2. The Hall–Kier alpha value is -1.14. The second-order valence-electron chi connectivity index (χ2n) is 6.26. The molecule has 2 amide bonds. The zero-order chi connectivity index (χ0) is 15.3. The van der Waals surface area contributed by atoms with E-state index in [9.17, 15) is 9.59 Å². The third kappa shape index (κ3) is 3.95. The number of amides is 2. The molecule has 1 aliphatic heterocycles. The van der Waals surface area contributed by atoms with Crippen molar-refractivity contribution < 1.29 is 19.5 Å². The van der Waals surface area contributed by atoms with Crippen molar-refractivity contribution >= 4 is 11.8 Å². The molecule has 1 spiro atoms. The Kier molecular flexibility index (Phi) is 5.58. The van der Waals surface area contributed by atoms with Gasteiger partial charge in [0, 0.05) is 19.1 Å². The van der Waals surface area contributed by atoms with Crippen molar-refractivity contribution in [3.8, 4) is 0 Å². The van der Waals surface area contributed by atoms with E-state index >= 15 is 0 Å². The van der Waals surface area contributed by atoms with Crippen molar-refractivity contribution in [3.63, 3.8) is 0 Å². The Bertz CT molecular complexity index is 380. The molecule has 1 aliphatic carbocycles. The Labute approximate surface area is 125 Å². The predicted octanol–water partition coefficient (Wildman–Crippen LogP) is 1.52. The normalized spacial score (nSPS) is 31.5. The lowest BCUT2D eigenvalue weighted by Crippen LogP contribution is -2.43. The first-order valence-electron chi connectivity index (χ1n) is 7.97. The monoisotopic (exact) mass is 298 g/mol. The Morgan fingerprint density at radius 3 is 2.76 bits per heavy atom. The van der Waals surface area contributed by atoms with Crippen LogP contribution in [0.15, 0.2) is 0 Å². The molecule has 3 N–H and O–H groups in total. The predicted molar refractivity (Wildman–Crippen MR) is 76.6 cm³/mol. The number of ether oxygens (including phenoxy) is 1. The van der Waals surface area contributed by atoms with Crippen molar-refractivity contribution in [1.82, 2.24) is 10.8 Å². The van der Waals surface area contributed by atoms with Crippen LogP contribution >= 0.6 is 0 Å². The molecule has 1 saturated carbocycles. The highest BCUT2D eigenvalue weighted by Crippen LogP contribution is 2.44. The third-order valence-electron chi connectivity index (χ3n) is 4.66. The first-order chi connectivity index (χ1) is 10.1. The van der Waals surface area contributed by atoms with Gasteiger partial charge < -0.3 is 10.1 Å². The molecule has 120 valence electrons. The fourth-order valence-electron chi connectivity index (χ4n) is 3.57. The maximum atomic E-state index is 12.0.